The lowest BCUT2D eigenvalue weighted by Gasteiger charge is -2.20. The van der Waals surface area contributed by atoms with Gasteiger partial charge in [-0.1, -0.05) is 31.0 Å². The van der Waals surface area contributed by atoms with Gasteiger partial charge in [-0.15, -0.1) is 0 Å². The molecule has 1 aliphatic heterocycles. The van der Waals surface area contributed by atoms with Gasteiger partial charge in [0.15, 0.2) is 0 Å². The molecule has 1 aliphatic rings. The molecule has 0 radical (unpaired) electrons. The molecule has 2 aromatic rings. The molecule has 3 rings (SSSR count). The molecular weight excluding hydrogens is 350 g/mol. The summed E-state index contributed by atoms with van der Waals surface area (Å²) in [6, 6.07) is 14.8. The lowest BCUT2D eigenvalue weighted by Crippen LogP contribution is -2.35. The van der Waals surface area contributed by atoms with Gasteiger partial charge in [-0.2, -0.15) is 0 Å². The highest BCUT2D eigenvalue weighted by Gasteiger charge is 2.17. The lowest BCUT2D eigenvalue weighted by molar-refractivity contribution is 0.214. The van der Waals surface area contributed by atoms with Gasteiger partial charge in [0.05, 0.1) is 4.90 Å². The van der Waals surface area contributed by atoms with E-state index in [1.807, 2.05) is 11.0 Å². The molecule has 26 heavy (non-hydrogen) atoms. The van der Waals surface area contributed by atoms with Crippen LogP contribution in [0.15, 0.2) is 59.5 Å². The number of anilines is 2. The smallest absolute Gasteiger partial charge is 0.321 e. The van der Waals surface area contributed by atoms with E-state index in [1.165, 1.54) is 12.1 Å². The Bertz CT molecular complexity index is 828. The SMILES string of the molecule is O=C(Nc1ccc(S(=O)(=O)Nc2ccccc2)cc1)N1CCCCCC1. The first kappa shape index (κ1) is 18.3. The van der Waals surface area contributed by atoms with Crippen LogP contribution in [-0.4, -0.2) is 32.4 Å². The molecule has 0 atom stereocenters. The largest absolute Gasteiger partial charge is 0.325 e. The molecule has 6 nitrogen and oxygen atoms in total. The third-order valence-electron chi connectivity index (χ3n) is 4.34. The van der Waals surface area contributed by atoms with E-state index in [2.05, 4.69) is 10.0 Å². The normalized spacial score (nSPS) is 15.2. The van der Waals surface area contributed by atoms with Crippen molar-refractivity contribution in [1.29, 1.82) is 0 Å². The average Bonchev–Trinajstić information content (AvgIpc) is 2.92. The Morgan fingerprint density at radius 1 is 0.808 bits per heavy atom. The summed E-state index contributed by atoms with van der Waals surface area (Å²) in [4.78, 5) is 14.3. The Labute approximate surface area is 154 Å². The molecule has 0 spiro atoms. The number of amides is 2. The van der Waals surface area contributed by atoms with Crippen molar-refractivity contribution in [3.63, 3.8) is 0 Å². The molecule has 138 valence electrons. The molecule has 1 heterocycles. The van der Waals surface area contributed by atoms with E-state index in [1.54, 1.807) is 36.4 Å². The van der Waals surface area contributed by atoms with E-state index < -0.39 is 10.0 Å². The third kappa shape index (κ3) is 4.76. The molecule has 2 aromatic carbocycles. The molecule has 0 bridgehead atoms. The number of carbonyl (C=O) groups is 1. The van der Waals surface area contributed by atoms with Crippen molar-refractivity contribution in [2.24, 2.45) is 0 Å². The van der Waals surface area contributed by atoms with Crippen molar-refractivity contribution in [2.45, 2.75) is 30.6 Å². The maximum atomic E-state index is 12.4. The predicted molar refractivity (Wildman–Crippen MR) is 103 cm³/mol. The first-order valence-corrected chi connectivity index (χ1v) is 10.3. The zero-order valence-corrected chi connectivity index (χ0v) is 15.3. The summed E-state index contributed by atoms with van der Waals surface area (Å²) in [7, 11) is -3.66. The first-order chi connectivity index (χ1) is 12.5. The Morgan fingerprint density at radius 2 is 1.42 bits per heavy atom. The number of hydrogen-bond donors (Lipinski definition) is 2. The van der Waals surface area contributed by atoms with Crippen LogP contribution < -0.4 is 10.0 Å². The van der Waals surface area contributed by atoms with E-state index in [-0.39, 0.29) is 10.9 Å². The van der Waals surface area contributed by atoms with Crippen molar-refractivity contribution in [3.05, 3.63) is 54.6 Å². The Kier molecular flexibility index (Phi) is 5.78. The van der Waals surface area contributed by atoms with Gasteiger partial charge in [-0.05, 0) is 49.2 Å². The van der Waals surface area contributed by atoms with E-state index >= 15 is 0 Å². The minimum Gasteiger partial charge on any atom is -0.325 e. The molecule has 7 heteroatoms. The van der Waals surface area contributed by atoms with Crippen LogP contribution in [0.25, 0.3) is 0 Å². The molecule has 1 saturated heterocycles. The van der Waals surface area contributed by atoms with Gasteiger partial charge >= 0.3 is 6.03 Å². The number of para-hydroxylation sites is 1. The molecule has 0 saturated carbocycles. The molecule has 2 amide bonds. The number of nitrogens with zero attached hydrogens (tertiary/aromatic N) is 1. The second-order valence-electron chi connectivity index (χ2n) is 6.33. The zero-order chi connectivity index (χ0) is 18.4. The summed E-state index contributed by atoms with van der Waals surface area (Å²) in [6.45, 7) is 1.53. The number of sulfonamides is 1. The highest BCUT2D eigenvalue weighted by atomic mass is 32.2. The van der Waals surface area contributed by atoms with E-state index in [0.717, 1.165) is 38.8 Å². The van der Waals surface area contributed by atoms with Gasteiger partial charge in [-0.3, -0.25) is 4.72 Å². The number of benzene rings is 2. The fourth-order valence-corrected chi connectivity index (χ4v) is 3.97. The molecular formula is C19H23N3O3S. The second-order valence-corrected chi connectivity index (χ2v) is 8.01. The summed E-state index contributed by atoms with van der Waals surface area (Å²) in [6.07, 6.45) is 4.36. The van der Waals surface area contributed by atoms with Gasteiger partial charge in [0.25, 0.3) is 10.0 Å². The Hall–Kier alpha value is -2.54. The monoisotopic (exact) mass is 373 g/mol. The number of nitrogens with one attached hydrogen (secondary N) is 2. The first-order valence-electron chi connectivity index (χ1n) is 8.78. The predicted octanol–water partition coefficient (Wildman–Crippen LogP) is 3.90. The number of urea groups is 1. The fraction of sp³-hybridized carbons (Fsp3) is 0.316. The summed E-state index contributed by atoms with van der Waals surface area (Å²) in [5.41, 5.74) is 1.09. The van der Waals surface area contributed by atoms with Crippen molar-refractivity contribution >= 4 is 27.4 Å². The van der Waals surface area contributed by atoms with E-state index in [9.17, 15) is 13.2 Å². The maximum absolute atomic E-state index is 12.4. The highest BCUT2D eigenvalue weighted by Crippen LogP contribution is 2.19. The minimum absolute atomic E-state index is 0.134. The van der Waals surface area contributed by atoms with Gasteiger partial charge < -0.3 is 10.2 Å². The number of rotatable bonds is 4. The lowest BCUT2D eigenvalue weighted by atomic mass is 10.2. The Morgan fingerprint density at radius 3 is 2.04 bits per heavy atom. The highest BCUT2D eigenvalue weighted by molar-refractivity contribution is 7.92. The molecule has 0 unspecified atom stereocenters. The quantitative estimate of drug-likeness (QED) is 0.853. The average molecular weight is 373 g/mol. The summed E-state index contributed by atoms with van der Waals surface area (Å²) in [5.74, 6) is 0. The van der Waals surface area contributed by atoms with E-state index in [0.29, 0.717) is 11.4 Å². The maximum Gasteiger partial charge on any atom is 0.321 e. The van der Waals surface area contributed by atoms with Gasteiger partial charge in [-0.25, -0.2) is 13.2 Å². The van der Waals surface area contributed by atoms with Crippen molar-refractivity contribution < 1.29 is 13.2 Å². The van der Waals surface area contributed by atoms with Crippen LogP contribution in [0.3, 0.4) is 0 Å². The van der Waals surface area contributed by atoms with Crippen molar-refractivity contribution in [2.75, 3.05) is 23.1 Å². The summed E-state index contributed by atoms with van der Waals surface area (Å²) >= 11 is 0. The van der Waals surface area contributed by atoms with Crippen LogP contribution in [0.2, 0.25) is 0 Å². The summed E-state index contributed by atoms with van der Waals surface area (Å²) in [5, 5.41) is 2.84. The second kappa shape index (κ2) is 8.23. The van der Waals surface area contributed by atoms with Crippen molar-refractivity contribution in [3.8, 4) is 0 Å². The number of hydrogen-bond acceptors (Lipinski definition) is 3. The standard InChI is InChI=1S/C19H23N3O3S/c23-19(22-14-6-1-2-7-15-22)20-16-10-12-18(13-11-16)26(24,25)21-17-8-4-3-5-9-17/h3-5,8-13,21H,1-2,6-7,14-15H2,(H,20,23). The molecule has 0 aromatic heterocycles. The van der Waals surface area contributed by atoms with Crippen LogP contribution in [-0.2, 0) is 10.0 Å². The van der Waals surface area contributed by atoms with Crippen LogP contribution in [0.4, 0.5) is 16.2 Å². The van der Waals surface area contributed by atoms with Crippen LogP contribution in [0.5, 0.6) is 0 Å². The fourth-order valence-electron chi connectivity index (χ4n) is 2.91. The van der Waals surface area contributed by atoms with Gasteiger partial charge in [0, 0.05) is 24.5 Å². The molecule has 2 N–H and O–H groups in total. The number of carbonyl (C=O) groups excluding carboxylic acids is 1. The zero-order valence-electron chi connectivity index (χ0n) is 14.5. The van der Waals surface area contributed by atoms with E-state index in [4.69, 9.17) is 0 Å². The van der Waals surface area contributed by atoms with Crippen LogP contribution in [0, 0.1) is 0 Å². The minimum atomic E-state index is -3.66. The topological polar surface area (TPSA) is 78.5 Å². The third-order valence-corrected chi connectivity index (χ3v) is 5.73. The van der Waals surface area contributed by atoms with Gasteiger partial charge in [0.1, 0.15) is 0 Å². The molecule has 1 fully saturated rings. The van der Waals surface area contributed by atoms with Crippen LogP contribution in [0.1, 0.15) is 25.7 Å². The van der Waals surface area contributed by atoms with Gasteiger partial charge in [0.2, 0.25) is 0 Å². The van der Waals surface area contributed by atoms with Crippen LogP contribution >= 0.6 is 0 Å². The molecule has 0 aliphatic carbocycles. The van der Waals surface area contributed by atoms with Crippen molar-refractivity contribution in [1.82, 2.24) is 4.90 Å². The number of likely N-dealkylation sites (tertiary alicyclic amines) is 1. The summed E-state index contributed by atoms with van der Waals surface area (Å²) < 4.78 is 27.4. The Balaban J connectivity index is 1.65.